The van der Waals surface area contributed by atoms with Crippen molar-refractivity contribution in [3.05, 3.63) is 42.1 Å². The molecule has 0 aliphatic carbocycles. The first-order valence-corrected chi connectivity index (χ1v) is 5.52. The number of imidazole rings is 1. The summed E-state index contributed by atoms with van der Waals surface area (Å²) >= 11 is 1.57. The minimum absolute atomic E-state index is 0.149. The number of aliphatic carboxylic acids is 1. The molecule has 0 saturated carbocycles. The largest absolute Gasteiger partial charge is 0.478 e. The second-order valence-corrected chi connectivity index (χ2v) is 4.21. The van der Waals surface area contributed by atoms with E-state index in [1.807, 2.05) is 17.5 Å². The Bertz CT molecular complexity index is 514. The van der Waals surface area contributed by atoms with Crippen LogP contribution in [0.3, 0.4) is 0 Å². The first-order chi connectivity index (χ1) is 7.68. The maximum Gasteiger partial charge on any atom is 0.332 e. The Morgan fingerprint density at radius 2 is 2.44 bits per heavy atom. The van der Waals surface area contributed by atoms with E-state index < -0.39 is 5.97 Å². The van der Waals surface area contributed by atoms with E-state index >= 15 is 0 Å². The molecule has 0 spiro atoms. The fourth-order valence-electron chi connectivity index (χ4n) is 1.34. The van der Waals surface area contributed by atoms with E-state index in [0.29, 0.717) is 0 Å². The topological polar surface area (TPSA) is 55.1 Å². The third-order valence-corrected chi connectivity index (χ3v) is 2.99. The van der Waals surface area contributed by atoms with Crippen molar-refractivity contribution in [2.45, 2.75) is 6.54 Å². The third kappa shape index (κ3) is 2.04. The monoisotopic (exact) mass is 234 g/mol. The maximum atomic E-state index is 10.7. The van der Waals surface area contributed by atoms with E-state index in [1.165, 1.54) is 0 Å². The minimum atomic E-state index is -0.981. The molecule has 0 aliphatic heterocycles. The highest BCUT2D eigenvalue weighted by Gasteiger charge is 2.10. The second-order valence-electron chi connectivity index (χ2n) is 3.26. The van der Waals surface area contributed by atoms with E-state index in [1.54, 1.807) is 28.3 Å². The summed E-state index contributed by atoms with van der Waals surface area (Å²) in [5.74, 6) is -0.205. The fraction of sp³-hybridized carbons (Fsp3) is 0.0909. The van der Waals surface area contributed by atoms with Crippen LogP contribution in [-0.2, 0) is 11.3 Å². The van der Waals surface area contributed by atoms with E-state index in [-0.39, 0.29) is 12.1 Å². The Morgan fingerprint density at radius 1 is 1.62 bits per heavy atom. The summed E-state index contributed by atoms with van der Waals surface area (Å²) in [7, 11) is 0. The van der Waals surface area contributed by atoms with Gasteiger partial charge in [-0.1, -0.05) is 12.6 Å². The number of nitrogens with zero attached hydrogens (tertiary/aromatic N) is 2. The minimum Gasteiger partial charge on any atom is -0.478 e. The molecule has 0 saturated heterocycles. The van der Waals surface area contributed by atoms with Crippen molar-refractivity contribution in [2.24, 2.45) is 0 Å². The van der Waals surface area contributed by atoms with E-state index in [0.717, 1.165) is 10.7 Å². The molecule has 0 radical (unpaired) electrons. The molecule has 0 fully saturated rings. The van der Waals surface area contributed by atoms with E-state index in [9.17, 15) is 4.79 Å². The number of rotatable bonds is 4. The lowest BCUT2D eigenvalue weighted by molar-refractivity contribution is -0.132. The maximum absolute atomic E-state index is 10.7. The Kier molecular flexibility index (Phi) is 2.87. The predicted octanol–water partition coefficient (Wildman–Crippen LogP) is 2.25. The van der Waals surface area contributed by atoms with Crippen molar-refractivity contribution >= 4 is 17.3 Å². The van der Waals surface area contributed by atoms with Gasteiger partial charge in [0.15, 0.2) is 0 Å². The zero-order valence-electron chi connectivity index (χ0n) is 8.46. The number of hydrogen-bond donors (Lipinski definition) is 1. The van der Waals surface area contributed by atoms with Gasteiger partial charge >= 0.3 is 5.97 Å². The van der Waals surface area contributed by atoms with Crippen molar-refractivity contribution in [3.63, 3.8) is 0 Å². The number of thiophene rings is 1. The number of carbonyl (C=O) groups is 1. The van der Waals surface area contributed by atoms with Crippen LogP contribution in [0.5, 0.6) is 0 Å². The van der Waals surface area contributed by atoms with Gasteiger partial charge in [-0.2, -0.15) is 0 Å². The first kappa shape index (κ1) is 10.6. The molecule has 0 amide bonds. The molecular weight excluding hydrogens is 224 g/mol. The number of aromatic nitrogens is 2. The van der Waals surface area contributed by atoms with Gasteiger partial charge < -0.3 is 9.67 Å². The Hall–Kier alpha value is -1.88. The van der Waals surface area contributed by atoms with Crippen LogP contribution in [-0.4, -0.2) is 20.6 Å². The Morgan fingerprint density at radius 3 is 3.06 bits per heavy atom. The molecule has 82 valence electrons. The average molecular weight is 234 g/mol. The quantitative estimate of drug-likeness (QED) is 0.825. The summed E-state index contributed by atoms with van der Waals surface area (Å²) in [6.45, 7) is 3.76. The fourth-order valence-corrected chi connectivity index (χ4v) is 2.08. The van der Waals surface area contributed by atoms with Crippen LogP contribution in [0.4, 0.5) is 0 Å². The van der Waals surface area contributed by atoms with Gasteiger partial charge in [0.1, 0.15) is 5.82 Å². The second kappa shape index (κ2) is 4.32. The molecule has 0 unspecified atom stereocenters. The van der Waals surface area contributed by atoms with Crippen LogP contribution in [0.25, 0.3) is 10.7 Å². The molecule has 0 aromatic carbocycles. The van der Waals surface area contributed by atoms with Gasteiger partial charge in [0.2, 0.25) is 0 Å². The molecule has 2 aromatic rings. The summed E-state index contributed by atoms with van der Waals surface area (Å²) < 4.78 is 1.78. The summed E-state index contributed by atoms with van der Waals surface area (Å²) in [5, 5.41) is 10.7. The van der Waals surface area contributed by atoms with Gasteiger partial charge in [0.25, 0.3) is 0 Å². The molecule has 2 rings (SSSR count). The number of carboxylic acid groups (broad SMARTS) is 1. The van der Waals surface area contributed by atoms with Gasteiger partial charge in [-0.05, 0) is 11.4 Å². The molecule has 0 atom stereocenters. The summed E-state index contributed by atoms with van der Waals surface area (Å²) in [5.41, 5.74) is 0.149. The average Bonchev–Trinajstić information content (AvgIpc) is 2.85. The summed E-state index contributed by atoms with van der Waals surface area (Å²) in [6, 6.07) is 3.89. The first-order valence-electron chi connectivity index (χ1n) is 4.64. The van der Waals surface area contributed by atoms with Crippen LogP contribution in [0.2, 0.25) is 0 Å². The van der Waals surface area contributed by atoms with Crippen molar-refractivity contribution in [3.8, 4) is 10.7 Å². The lowest BCUT2D eigenvalue weighted by Crippen LogP contribution is -2.08. The Labute approximate surface area is 96.5 Å². The van der Waals surface area contributed by atoms with Gasteiger partial charge in [0.05, 0.1) is 11.4 Å². The molecule has 0 aliphatic rings. The molecule has 5 heteroatoms. The van der Waals surface area contributed by atoms with Crippen LogP contribution >= 0.6 is 11.3 Å². The molecule has 1 N–H and O–H groups in total. The summed E-state index contributed by atoms with van der Waals surface area (Å²) in [4.78, 5) is 15.9. The van der Waals surface area contributed by atoms with Crippen molar-refractivity contribution in [1.29, 1.82) is 0 Å². The Balaban J connectivity index is 2.27. The molecule has 16 heavy (non-hydrogen) atoms. The van der Waals surface area contributed by atoms with Crippen molar-refractivity contribution in [1.82, 2.24) is 9.55 Å². The van der Waals surface area contributed by atoms with Crippen LogP contribution in [0.15, 0.2) is 42.1 Å². The van der Waals surface area contributed by atoms with Crippen LogP contribution < -0.4 is 0 Å². The normalized spacial score (nSPS) is 10.2. The van der Waals surface area contributed by atoms with E-state index in [4.69, 9.17) is 5.11 Å². The highest BCUT2D eigenvalue weighted by atomic mass is 32.1. The lowest BCUT2D eigenvalue weighted by Gasteiger charge is -2.05. The molecule has 4 nitrogen and oxygen atoms in total. The molecule has 0 bridgehead atoms. The van der Waals surface area contributed by atoms with Crippen LogP contribution in [0.1, 0.15) is 0 Å². The highest BCUT2D eigenvalue weighted by Crippen LogP contribution is 2.23. The van der Waals surface area contributed by atoms with Crippen molar-refractivity contribution in [2.75, 3.05) is 0 Å². The smallest absolute Gasteiger partial charge is 0.332 e. The number of hydrogen-bond acceptors (Lipinski definition) is 3. The van der Waals surface area contributed by atoms with Crippen molar-refractivity contribution < 1.29 is 9.90 Å². The van der Waals surface area contributed by atoms with Crippen LogP contribution in [0, 0.1) is 0 Å². The molecule has 2 heterocycles. The van der Waals surface area contributed by atoms with Gasteiger partial charge in [0, 0.05) is 18.0 Å². The van der Waals surface area contributed by atoms with Gasteiger partial charge in [-0.15, -0.1) is 11.3 Å². The predicted molar refractivity (Wildman–Crippen MR) is 62.3 cm³/mol. The highest BCUT2D eigenvalue weighted by molar-refractivity contribution is 7.13. The lowest BCUT2D eigenvalue weighted by atomic mass is 10.3. The van der Waals surface area contributed by atoms with Gasteiger partial charge in [-0.25, -0.2) is 9.78 Å². The SMILES string of the molecule is C=C(Cn1ccnc1-c1cccs1)C(=O)O. The zero-order chi connectivity index (χ0) is 11.5. The third-order valence-electron chi connectivity index (χ3n) is 2.12. The standard InChI is InChI=1S/C11H10N2O2S/c1-8(11(14)15)7-13-5-4-12-10(13)9-3-2-6-16-9/h2-6H,1,7H2,(H,14,15). The molecule has 2 aromatic heterocycles. The zero-order valence-corrected chi connectivity index (χ0v) is 9.28. The van der Waals surface area contributed by atoms with E-state index in [2.05, 4.69) is 11.6 Å². The summed E-state index contributed by atoms with van der Waals surface area (Å²) in [6.07, 6.45) is 3.41. The van der Waals surface area contributed by atoms with Gasteiger partial charge in [-0.3, -0.25) is 0 Å². The number of carboxylic acids is 1. The molecular formula is C11H10N2O2S.